The van der Waals surface area contributed by atoms with Gasteiger partial charge >= 0.3 is 0 Å². The maximum absolute atomic E-state index is 10.7. The summed E-state index contributed by atoms with van der Waals surface area (Å²) in [5, 5.41) is 18.0. The number of benzene rings is 1. The fraction of sp³-hybridized carbons (Fsp3) is 0. The van der Waals surface area contributed by atoms with Crippen molar-refractivity contribution in [3.05, 3.63) is 57.2 Å². The van der Waals surface area contributed by atoms with Gasteiger partial charge in [0.15, 0.2) is 0 Å². The number of nitrogens with two attached hydrogens (primary N) is 1. The van der Waals surface area contributed by atoms with Crippen LogP contribution in [-0.4, -0.2) is 15.7 Å². The molecule has 0 spiro atoms. The topological polar surface area (TPSA) is 115 Å². The van der Waals surface area contributed by atoms with Crippen LogP contribution in [0.2, 0.25) is 5.02 Å². The highest BCUT2D eigenvalue weighted by Crippen LogP contribution is 2.31. The molecule has 2 rings (SSSR count). The van der Waals surface area contributed by atoms with Gasteiger partial charge in [0, 0.05) is 18.3 Å². The number of nitrogen functional groups attached to an aromatic ring is 1. The maximum Gasteiger partial charge on any atom is 0.288 e. The third-order valence-corrected chi connectivity index (χ3v) is 2.69. The van der Waals surface area contributed by atoms with Gasteiger partial charge in [0.05, 0.1) is 10.5 Å². The highest BCUT2D eigenvalue weighted by molar-refractivity contribution is 6.32. The molecule has 1 heterocycles. The number of ether oxygens (including phenoxy) is 1. The highest BCUT2D eigenvalue weighted by atomic mass is 35.5. The molecule has 0 bridgehead atoms. The van der Waals surface area contributed by atoms with E-state index in [0.29, 0.717) is 5.56 Å². The summed E-state index contributed by atoms with van der Waals surface area (Å²) in [4.78, 5) is 14.0. The normalized spacial score (nSPS) is 10.1. The van der Waals surface area contributed by atoms with Crippen molar-refractivity contribution < 1.29 is 9.66 Å². The van der Waals surface area contributed by atoms with E-state index >= 15 is 0 Å². The summed E-state index contributed by atoms with van der Waals surface area (Å²) in [6, 6.07) is 7.12. The quantitative estimate of drug-likeness (QED) is 0.389. The van der Waals surface area contributed by atoms with Crippen molar-refractivity contribution >= 4 is 23.1 Å². The van der Waals surface area contributed by atoms with Gasteiger partial charge in [-0.2, -0.15) is 0 Å². The van der Waals surface area contributed by atoms with Gasteiger partial charge in [-0.25, -0.2) is 4.98 Å². The number of rotatable bonds is 4. The monoisotopic (exact) mass is 292 g/mol. The molecule has 0 aliphatic rings. The lowest BCUT2D eigenvalue weighted by Crippen LogP contribution is -2.12. The number of nitro benzene ring substituents is 1. The van der Waals surface area contributed by atoms with E-state index in [2.05, 4.69) is 4.98 Å². The number of nitrogens with one attached hydrogen (secondary N) is 1. The van der Waals surface area contributed by atoms with Crippen molar-refractivity contribution in [1.29, 1.82) is 5.41 Å². The molecule has 1 aromatic heterocycles. The van der Waals surface area contributed by atoms with Crippen LogP contribution in [0.4, 0.5) is 5.69 Å². The van der Waals surface area contributed by atoms with Gasteiger partial charge in [0.1, 0.15) is 16.6 Å². The molecule has 20 heavy (non-hydrogen) atoms. The van der Waals surface area contributed by atoms with E-state index in [1.165, 1.54) is 24.4 Å². The molecule has 1 aromatic carbocycles. The SMILES string of the molecule is N=C(N)c1cccnc1Oc1ccc([N+](=O)[O-])c(Cl)c1. The standard InChI is InChI=1S/C12H9ClN4O3/c13-9-6-7(3-4-10(9)17(18)19)20-12-8(11(14)15)2-1-5-16-12/h1-6H,(H3,14,15). The van der Waals surface area contributed by atoms with Gasteiger partial charge in [0.25, 0.3) is 5.69 Å². The molecule has 0 amide bonds. The summed E-state index contributed by atoms with van der Waals surface area (Å²) in [6.45, 7) is 0. The number of nitrogens with zero attached hydrogens (tertiary/aromatic N) is 2. The van der Waals surface area contributed by atoms with Crippen molar-refractivity contribution in [3.63, 3.8) is 0 Å². The first-order valence-corrected chi connectivity index (χ1v) is 5.78. The lowest BCUT2D eigenvalue weighted by molar-refractivity contribution is -0.384. The van der Waals surface area contributed by atoms with E-state index in [0.717, 1.165) is 0 Å². The van der Waals surface area contributed by atoms with E-state index in [-0.39, 0.29) is 28.2 Å². The summed E-state index contributed by atoms with van der Waals surface area (Å²) in [5.41, 5.74) is 5.52. The van der Waals surface area contributed by atoms with Crippen molar-refractivity contribution in [2.45, 2.75) is 0 Å². The van der Waals surface area contributed by atoms with Crippen LogP contribution < -0.4 is 10.5 Å². The summed E-state index contributed by atoms with van der Waals surface area (Å²) >= 11 is 5.78. The van der Waals surface area contributed by atoms with Gasteiger partial charge < -0.3 is 10.5 Å². The smallest absolute Gasteiger partial charge is 0.288 e. The first kappa shape index (κ1) is 13.8. The lowest BCUT2D eigenvalue weighted by atomic mass is 10.2. The van der Waals surface area contributed by atoms with Gasteiger partial charge in [-0.05, 0) is 18.2 Å². The van der Waals surface area contributed by atoms with Crippen molar-refractivity contribution in [1.82, 2.24) is 4.98 Å². The Labute approximate surface area is 118 Å². The largest absolute Gasteiger partial charge is 0.438 e. The molecule has 2 aromatic rings. The molecule has 0 aliphatic heterocycles. The van der Waals surface area contributed by atoms with E-state index in [9.17, 15) is 10.1 Å². The number of pyridine rings is 1. The molecule has 102 valence electrons. The minimum atomic E-state index is -0.589. The molecule has 0 atom stereocenters. The molecule has 0 saturated carbocycles. The Balaban J connectivity index is 2.34. The van der Waals surface area contributed by atoms with Crippen molar-refractivity contribution in [3.8, 4) is 11.6 Å². The van der Waals surface area contributed by atoms with Crippen LogP contribution in [-0.2, 0) is 0 Å². The Morgan fingerprint density at radius 3 is 2.80 bits per heavy atom. The Kier molecular flexibility index (Phi) is 3.81. The third-order valence-electron chi connectivity index (χ3n) is 2.39. The molecule has 0 saturated heterocycles. The van der Waals surface area contributed by atoms with Crippen LogP contribution in [0.25, 0.3) is 0 Å². The molecule has 0 unspecified atom stereocenters. The zero-order valence-electron chi connectivity index (χ0n) is 10.0. The molecule has 0 fully saturated rings. The Morgan fingerprint density at radius 2 is 2.20 bits per heavy atom. The van der Waals surface area contributed by atoms with Gasteiger partial charge in [-0.3, -0.25) is 15.5 Å². The van der Waals surface area contributed by atoms with Crippen LogP contribution in [0, 0.1) is 15.5 Å². The van der Waals surface area contributed by atoms with Gasteiger partial charge in [0.2, 0.25) is 5.88 Å². The van der Waals surface area contributed by atoms with Crippen LogP contribution >= 0.6 is 11.6 Å². The first-order valence-electron chi connectivity index (χ1n) is 5.40. The maximum atomic E-state index is 10.7. The third kappa shape index (κ3) is 2.83. The zero-order chi connectivity index (χ0) is 14.7. The number of aromatic nitrogens is 1. The molecule has 8 heteroatoms. The molecule has 7 nitrogen and oxygen atoms in total. The first-order chi connectivity index (χ1) is 9.49. The number of halogens is 1. The predicted molar refractivity (Wildman–Crippen MR) is 73.4 cm³/mol. The molecular formula is C12H9ClN4O3. The highest BCUT2D eigenvalue weighted by Gasteiger charge is 2.14. The number of amidine groups is 1. The van der Waals surface area contributed by atoms with E-state index in [1.54, 1.807) is 12.1 Å². The second-order valence-corrected chi connectivity index (χ2v) is 4.15. The number of hydrogen-bond donors (Lipinski definition) is 2. The van der Waals surface area contributed by atoms with E-state index < -0.39 is 4.92 Å². The van der Waals surface area contributed by atoms with Crippen LogP contribution in [0.1, 0.15) is 5.56 Å². The minimum absolute atomic E-state index is 0.0483. The van der Waals surface area contributed by atoms with Gasteiger partial charge in [-0.1, -0.05) is 11.6 Å². The Morgan fingerprint density at radius 1 is 1.45 bits per heavy atom. The Hall–Kier alpha value is -2.67. The molecule has 0 aliphatic carbocycles. The minimum Gasteiger partial charge on any atom is -0.438 e. The second kappa shape index (κ2) is 5.54. The summed E-state index contributed by atoms with van der Waals surface area (Å²) in [5.74, 6) is 0.202. The van der Waals surface area contributed by atoms with Crippen LogP contribution in [0.3, 0.4) is 0 Å². The molecule has 3 N–H and O–H groups in total. The fourth-order valence-electron chi connectivity index (χ4n) is 1.49. The lowest BCUT2D eigenvalue weighted by Gasteiger charge is -2.08. The molecule has 0 radical (unpaired) electrons. The average molecular weight is 293 g/mol. The Bertz CT molecular complexity index is 690. The van der Waals surface area contributed by atoms with E-state index in [1.807, 2.05) is 0 Å². The van der Waals surface area contributed by atoms with Crippen molar-refractivity contribution in [2.24, 2.45) is 5.73 Å². The summed E-state index contributed by atoms with van der Waals surface area (Å²) in [6.07, 6.45) is 1.48. The van der Waals surface area contributed by atoms with Crippen molar-refractivity contribution in [2.75, 3.05) is 0 Å². The van der Waals surface area contributed by atoms with Crippen LogP contribution in [0.15, 0.2) is 36.5 Å². The second-order valence-electron chi connectivity index (χ2n) is 3.74. The summed E-state index contributed by atoms with van der Waals surface area (Å²) in [7, 11) is 0. The summed E-state index contributed by atoms with van der Waals surface area (Å²) < 4.78 is 5.45. The fourth-order valence-corrected chi connectivity index (χ4v) is 1.73. The predicted octanol–water partition coefficient (Wildman–Crippen LogP) is 2.72. The number of hydrogen-bond acceptors (Lipinski definition) is 5. The average Bonchev–Trinajstić information content (AvgIpc) is 2.38. The number of nitro groups is 1. The van der Waals surface area contributed by atoms with E-state index in [4.69, 9.17) is 27.5 Å². The van der Waals surface area contributed by atoms with Crippen LogP contribution in [0.5, 0.6) is 11.6 Å². The zero-order valence-corrected chi connectivity index (χ0v) is 10.8. The molecular weight excluding hydrogens is 284 g/mol. The van der Waals surface area contributed by atoms with Gasteiger partial charge in [-0.15, -0.1) is 0 Å².